The van der Waals surface area contributed by atoms with Crippen molar-refractivity contribution in [2.75, 3.05) is 13.7 Å². The quantitative estimate of drug-likeness (QED) is 0.802. The molecule has 0 saturated carbocycles. The molecule has 1 atom stereocenters. The van der Waals surface area contributed by atoms with Crippen molar-refractivity contribution < 1.29 is 9.57 Å². The van der Waals surface area contributed by atoms with Crippen molar-refractivity contribution in [2.24, 2.45) is 5.16 Å². The lowest BCUT2D eigenvalue weighted by atomic mass is 10.1. The highest BCUT2D eigenvalue weighted by Crippen LogP contribution is 2.17. The molecule has 15 heavy (non-hydrogen) atoms. The first-order valence-electron chi connectivity index (χ1n) is 4.77. The number of oxime groups is 1. The fourth-order valence-electron chi connectivity index (χ4n) is 1.52. The summed E-state index contributed by atoms with van der Waals surface area (Å²) in [5, 5.41) is 4.07. The highest BCUT2D eigenvalue weighted by Gasteiger charge is 2.21. The van der Waals surface area contributed by atoms with E-state index >= 15 is 0 Å². The van der Waals surface area contributed by atoms with E-state index in [1.807, 2.05) is 0 Å². The number of halogens is 1. The minimum Gasteiger partial charge on any atom is -0.389 e. The summed E-state index contributed by atoms with van der Waals surface area (Å²) in [5.74, 6) is 0. The molecule has 1 unspecified atom stereocenters. The zero-order valence-corrected chi connectivity index (χ0v) is 10.6. The zero-order chi connectivity index (χ0) is 10.7. The van der Waals surface area contributed by atoms with Crippen molar-refractivity contribution in [3.63, 3.8) is 0 Å². The summed E-state index contributed by atoms with van der Waals surface area (Å²) in [6.07, 6.45) is 0.901. The Kier molecular flexibility index (Phi) is 3.58. The number of rotatable bonds is 3. The minimum absolute atomic E-state index is 0.0734. The Balaban J connectivity index is 2.04. The van der Waals surface area contributed by atoms with Gasteiger partial charge in [-0.15, -0.1) is 0 Å². The monoisotopic (exact) mass is 317 g/mol. The summed E-state index contributed by atoms with van der Waals surface area (Å²) in [4.78, 5) is 5.25. The van der Waals surface area contributed by atoms with E-state index in [-0.39, 0.29) is 6.10 Å². The lowest BCUT2D eigenvalue weighted by Gasteiger charge is -2.04. The number of nitrogens with zero attached hydrogens (tertiary/aromatic N) is 1. The molecular weight excluding hydrogens is 305 g/mol. The second-order valence-electron chi connectivity index (χ2n) is 3.43. The largest absolute Gasteiger partial charge is 0.389 e. The normalized spacial score (nSPS) is 19.9. The van der Waals surface area contributed by atoms with Crippen molar-refractivity contribution >= 4 is 28.3 Å². The second kappa shape index (κ2) is 4.94. The summed E-state index contributed by atoms with van der Waals surface area (Å²) < 4.78 is 6.26. The molecule has 80 valence electrons. The molecule has 0 fully saturated rings. The maximum atomic E-state index is 5.25. The van der Waals surface area contributed by atoms with Gasteiger partial charge in [-0.3, -0.25) is 0 Å². The van der Waals surface area contributed by atoms with Gasteiger partial charge in [-0.2, -0.15) is 0 Å². The summed E-state index contributed by atoms with van der Waals surface area (Å²) in [6, 6.07) is 8.28. The average molecular weight is 317 g/mol. The molecular formula is C11H12INO2. The van der Waals surface area contributed by atoms with Gasteiger partial charge in [0.1, 0.15) is 0 Å². The first-order chi connectivity index (χ1) is 7.29. The molecule has 2 rings (SSSR count). The van der Waals surface area contributed by atoms with Gasteiger partial charge >= 0.3 is 0 Å². The number of hydrogen-bond acceptors (Lipinski definition) is 3. The van der Waals surface area contributed by atoms with Gasteiger partial charge in [0, 0.05) is 17.1 Å². The van der Waals surface area contributed by atoms with Crippen molar-refractivity contribution in [3.05, 3.63) is 33.4 Å². The molecule has 0 aromatic heterocycles. The molecule has 0 spiro atoms. The molecule has 1 aromatic rings. The molecule has 4 heteroatoms. The topological polar surface area (TPSA) is 30.8 Å². The molecule has 0 saturated heterocycles. The maximum Gasteiger partial charge on any atom is 0.156 e. The van der Waals surface area contributed by atoms with Gasteiger partial charge in [0.25, 0.3) is 0 Å². The Bertz CT molecular complexity index is 361. The number of benzene rings is 1. The van der Waals surface area contributed by atoms with Gasteiger partial charge in [-0.1, -0.05) is 17.3 Å². The van der Waals surface area contributed by atoms with Crippen LogP contribution in [0, 0.1) is 3.57 Å². The fraction of sp³-hybridized carbons (Fsp3) is 0.364. The number of hydrogen-bond donors (Lipinski definition) is 0. The Morgan fingerprint density at radius 1 is 1.47 bits per heavy atom. The third kappa shape index (κ3) is 2.69. The number of ether oxygens (including phenoxy) is 1. The summed E-state index contributed by atoms with van der Waals surface area (Å²) in [6.45, 7) is 0.595. The smallest absolute Gasteiger partial charge is 0.156 e. The van der Waals surface area contributed by atoms with E-state index in [1.165, 1.54) is 3.57 Å². The van der Waals surface area contributed by atoms with Crippen LogP contribution in [0.25, 0.3) is 0 Å². The fourth-order valence-corrected chi connectivity index (χ4v) is 1.88. The van der Waals surface area contributed by atoms with E-state index in [4.69, 9.17) is 9.57 Å². The van der Waals surface area contributed by atoms with Crippen LogP contribution in [0.5, 0.6) is 0 Å². The third-order valence-corrected chi connectivity index (χ3v) is 2.98. The molecule has 1 aliphatic rings. The Hall–Kier alpha value is -0.620. The van der Waals surface area contributed by atoms with Gasteiger partial charge in [0.2, 0.25) is 0 Å². The van der Waals surface area contributed by atoms with Crippen LogP contribution in [0.3, 0.4) is 0 Å². The van der Waals surface area contributed by atoms with Crippen LogP contribution in [0.1, 0.15) is 12.0 Å². The average Bonchev–Trinajstić information content (AvgIpc) is 2.68. The summed E-state index contributed by atoms with van der Waals surface area (Å²) in [5.41, 5.74) is 2.14. The standard InChI is InChI=1S/C11H12INO2/c1-14-7-10-6-11(13-15-10)8-2-4-9(12)5-3-8/h2-5,10H,6-7H2,1H3. The molecule has 0 radical (unpaired) electrons. The van der Waals surface area contributed by atoms with Crippen LogP contribution >= 0.6 is 22.6 Å². The number of methoxy groups -OCH3 is 1. The summed E-state index contributed by atoms with van der Waals surface area (Å²) in [7, 11) is 1.67. The van der Waals surface area contributed by atoms with Gasteiger partial charge < -0.3 is 9.57 Å². The minimum atomic E-state index is 0.0734. The van der Waals surface area contributed by atoms with Crippen LogP contribution in [0.4, 0.5) is 0 Å². The molecule has 0 N–H and O–H groups in total. The van der Waals surface area contributed by atoms with Crippen molar-refractivity contribution in [1.29, 1.82) is 0 Å². The maximum absolute atomic E-state index is 5.25. The van der Waals surface area contributed by atoms with Crippen LogP contribution in [-0.2, 0) is 9.57 Å². The van der Waals surface area contributed by atoms with Crippen molar-refractivity contribution in [1.82, 2.24) is 0 Å². The molecule has 0 amide bonds. The lowest BCUT2D eigenvalue weighted by molar-refractivity contribution is 0.0208. The van der Waals surface area contributed by atoms with E-state index in [0.717, 1.165) is 17.7 Å². The van der Waals surface area contributed by atoms with E-state index in [9.17, 15) is 0 Å². The molecule has 3 nitrogen and oxygen atoms in total. The highest BCUT2D eigenvalue weighted by atomic mass is 127. The molecule has 1 aromatic carbocycles. The van der Waals surface area contributed by atoms with E-state index in [0.29, 0.717) is 6.61 Å². The molecule has 1 aliphatic heterocycles. The second-order valence-corrected chi connectivity index (χ2v) is 4.68. The predicted molar refractivity (Wildman–Crippen MR) is 67.1 cm³/mol. The van der Waals surface area contributed by atoms with Crippen LogP contribution < -0.4 is 0 Å². The zero-order valence-electron chi connectivity index (χ0n) is 8.44. The SMILES string of the molecule is COCC1CC(c2ccc(I)cc2)=NO1. The van der Waals surface area contributed by atoms with E-state index < -0.39 is 0 Å². The molecule has 0 bridgehead atoms. The van der Waals surface area contributed by atoms with Gasteiger partial charge in [0.05, 0.1) is 12.3 Å². The molecule has 1 heterocycles. The van der Waals surface area contributed by atoms with Crippen LogP contribution in [-0.4, -0.2) is 25.5 Å². The van der Waals surface area contributed by atoms with E-state index in [2.05, 4.69) is 52.0 Å². The highest BCUT2D eigenvalue weighted by molar-refractivity contribution is 14.1. The predicted octanol–water partition coefficient (Wildman–Crippen LogP) is 2.43. The lowest BCUT2D eigenvalue weighted by Crippen LogP contribution is -2.14. The Labute approximate surface area is 103 Å². The molecule has 0 aliphatic carbocycles. The van der Waals surface area contributed by atoms with Crippen LogP contribution in [0.15, 0.2) is 29.4 Å². The third-order valence-electron chi connectivity index (χ3n) is 2.26. The van der Waals surface area contributed by atoms with Crippen LogP contribution in [0.2, 0.25) is 0 Å². The van der Waals surface area contributed by atoms with Crippen molar-refractivity contribution in [2.45, 2.75) is 12.5 Å². The first-order valence-corrected chi connectivity index (χ1v) is 5.85. The first kappa shape index (κ1) is 10.9. The van der Waals surface area contributed by atoms with Gasteiger partial charge in [-0.25, -0.2) is 0 Å². The Morgan fingerprint density at radius 2 is 2.20 bits per heavy atom. The summed E-state index contributed by atoms with van der Waals surface area (Å²) >= 11 is 2.29. The van der Waals surface area contributed by atoms with E-state index in [1.54, 1.807) is 7.11 Å². The van der Waals surface area contributed by atoms with Gasteiger partial charge in [0.15, 0.2) is 6.10 Å². The van der Waals surface area contributed by atoms with Gasteiger partial charge in [-0.05, 0) is 40.3 Å². The Morgan fingerprint density at radius 3 is 2.87 bits per heavy atom. The van der Waals surface area contributed by atoms with Crippen molar-refractivity contribution in [3.8, 4) is 0 Å².